The SMILES string of the molecule is C=CCN1CCCC12CCCN(C(=O)c1ccc(CC)cc1)C2. The van der Waals surface area contributed by atoms with Crippen LogP contribution in [0.2, 0.25) is 0 Å². The molecule has 1 aromatic carbocycles. The maximum absolute atomic E-state index is 12.9. The van der Waals surface area contributed by atoms with E-state index in [0.717, 1.165) is 44.6 Å². The molecule has 1 aromatic rings. The van der Waals surface area contributed by atoms with Crippen LogP contribution in [0, 0.1) is 0 Å². The number of carbonyl (C=O) groups is 1. The van der Waals surface area contributed by atoms with Gasteiger partial charge in [-0.1, -0.05) is 25.1 Å². The summed E-state index contributed by atoms with van der Waals surface area (Å²) in [5, 5.41) is 0. The van der Waals surface area contributed by atoms with Gasteiger partial charge in [0.25, 0.3) is 5.91 Å². The van der Waals surface area contributed by atoms with Gasteiger partial charge in [0.1, 0.15) is 0 Å². The van der Waals surface area contributed by atoms with Gasteiger partial charge in [-0.25, -0.2) is 0 Å². The van der Waals surface area contributed by atoms with Gasteiger partial charge in [-0.05, 0) is 56.3 Å². The van der Waals surface area contributed by atoms with Crippen LogP contribution >= 0.6 is 0 Å². The Bertz CT molecular complexity index is 566. The highest BCUT2D eigenvalue weighted by atomic mass is 16.2. The maximum atomic E-state index is 12.9. The molecule has 0 saturated carbocycles. The number of piperidine rings is 1. The van der Waals surface area contributed by atoms with Crippen molar-refractivity contribution in [2.45, 2.75) is 44.6 Å². The van der Waals surface area contributed by atoms with Crippen LogP contribution in [-0.2, 0) is 6.42 Å². The molecule has 1 unspecified atom stereocenters. The third-order valence-corrected chi connectivity index (χ3v) is 5.54. The number of carbonyl (C=O) groups excluding carboxylic acids is 1. The second-order valence-corrected chi connectivity index (χ2v) is 6.94. The van der Waals surface area contributed by atoms with Gasteiger partial charge in [-0.3, -0.25) is 9.69 Å². The molecule has 3 heteroatoms. The van der Waals surface area contributed by atoms with Crippen molar-refractivity contribution >= 4 is 5.91 Å². The van der Waals surface area contributed by atoms with Gasteiger partial charge in [0.2, 0.25) is 0 Å². The molecule has 3 rings (SSSR count). The Balaban J connectivity index is 1.74. The normalized spacial score (nSPS) is 25.0. The van der Waals surface area contributed by atoms with E-state index in [1.165, 1.54) is 24.8 Å². The maximum Gasteiger partial charge on any atom is 0.253 e. The van der Waals surface area contributed by atoms with Crippen LogP contribution in [0.5, 0.6) is 0 Å². The van der Waals surface area contributed by atoms with E-state index in [4.69, 9.17) is 0 Å². The highest BCUT2D eigenvalue weighted by Crippen LogP contribution is 2.37. The minimum atomic E-state index is 0.186. The summed E-state index contributed by atoms with van der Waals surface area (Å²) in [6, 6.07) is 8.12. The Hall–Kier alpha value is -1.61. The van der Waals surface area contributed by atoms with E-state index in [0.29, 0.717) is 0 Å². The van der Waals surface area contributed by atoms with Crippen molar-refractivity contribution < 1.29 is 4.79 Å². The number of benzene rings is 1. The first kappa shape index (κ1) is 16.3. The Labute approximate surface area is 140 Å². The summed E-state index contributed by atoms with van der Waals surface area (Å²) in [6.07, 6.45) is 7.77. The van der Waals surface area contributed by atoms with E-state index in [1.807, 2.05) is 18.2 Å². The van der Waals surface area contributed by atoms with Gasteiger partial charge >= 0.3 is 0 Å². The molecular weight excluding hydrogens is 284 g/mol. The number of hydrogen-bond donors (Lipinski definition) is 0. The number of nitrogens with zero attached hydrogens (tertiary/aromatic N) is 2. The Kier molecular flexibility index (Phi) is 4.86. The van der Waals surface area contributed by atoms with E-state index in [9.17, 15) is 4.79 Å². The molecule has 0 aromatic heterocycles. The summed E-state index contributed by atoms with van der Waals surface area (Å²) in [7, 11) is 0. The van der Waals surface area contributed by atoms with Crippen molar-refractivity contribution in [2.75, 3.05) is 26.2 Å². The van der Waals surface area contributed by atoms with Gasteiger partial charge in [0.15, 0.2) is 0 Å². The lowest BCUT2D eigenvalue weighted by molar-refractivity contribution is 0.0367. The monoisotopic (exact) mass is 312 g/mol. The quantitative estimate of drug-likeness (QED) is 0.794. The van der Waals surface area contributed by atoms with Gasteiger partial charge in [0, 0.05) is 30.7 Å². The van der Waals surface area contributed by atoms with Crippen LogP contribution in [0.4, 0.5) is 0 Å². The smallest absolute Gasteiger partial charge is 0.253 e. The van der Waals surface area contributed by atoms with Crippen molar-refractivity contribution in [3.63, 3.8) is 0 Å². The van der Waals surface area contributed by atoms with Crippen LogP contribution in [0.15, 0.2) is 36.9 Å². The van der Waals surface area contributed by atoms with E-state index >= 15 is 0 Å². The molecule has 23 heavy (non-hydrogen) atoms. The Morgan fingerprint density at radius 2 is 1.91 bits per heavy atom. The fraction of sp³-hybridized carbons (Fsp3) is 0.550. The summed E-state index contributed by atoms with van der Waals surface area (Å²) in [5.41, 5.74) is 2.29. The number of aryl methyl sites for hydroxylation is 1. The van der Waals surface area contributed by atoms with Crippen LogP contribution in [0.3, 0.4) is 0 Å². The van der Waals surface area contributed by atoms with Crippen molar-refractivity contribution in [3.8, 4) is 0 Å². The highest BCUT2D eigenvalue weighted by molar-refractivity contribution is 5.94. The molecule has 1 spiro atoms. The lowest BCUT2D eigenvalue weighted by atomic mass is 9.86. The lowest BCUT2D eigenvalue weighted by Gasteiger charge is -2.45. The standard InChI is InChI=1S/C20H28N2O/c1-3-13-22-15-6-12-20(22)11-5-14-21(16-20)19(23)18-9-7-17(4-2)8-10-18/h3,7-10H,1,4-6,11-16H2,2H3. The molecule has 2 heterocycles. The summed E-state index contributed by atoms with van der Waals surface area (Å²) in [5.74, 6) is 0.192. The zero-order valence-electron chi connectivity index (χ0n) is 14.3. The highest BCUT2D eigenvalue weighted by Gasteiger charge is 2.44. The third-order valence-electron chi connectivity index (χ3n) is 5.54. The molecule has 2 aliphatic rings. The lowest BCUT2D eigenvalue weighted by Crippen LogP contribution is -2.56. The van der Waals surface area contributed by atoms with E-state index < -0.39 is 0 Å². The molecule has 3 nitrogen and oxygen atoms in total. The Morgan fingerprint density at radius 1 is 1.22 bits per heavy atom. The molecule has 2 fully saturated rings. The van der Waals surface area contributed by atoms with Crippen LogP contribution < -0.4 is 0 Å². The summed E-state index contributed by atoms with van der Waals surface area (Å²) in [4.78, 5) is 17.5. The molecule has 1 atom stereocenters. The molecule has 0 aliphatic carbocycles. The van der Waals surface area contributed by atoms with E-state index in [1.54, 1.807) is 0 Å². The largest absolute Gasteiger partial charge is 0.337 e. The van der Waals surface area contributed by atoms with Gasteiger partial charge in [-0.15, -0.1) is 6.58 Å². The number of rotatable bonds is 4. The number of hydrogen-bond acceptors (Lipinski definition) is 2. The van der Waals surface area contributed by atoms with Crippen molar-refractivity contribution in [1.82, 2.24) is 9.80 Å². The minimum absolute atomic E-state index is 0.186. The molecular formula is C20H28N2O. The average molecular weight is 312 g/mol. The van der Waals surface area contributed by atoms with E-state index in [2.05, 4.69) is 35.4 Å². The zero-order valence-corrected chi connectivity index (χ0v) is 14.3. The first-order chi connectivity index (χ1) is 11.2. The molecule has 0 N–H and O–H groups in total. The van der Waals surface area contributed by atoms with E-state index in [-0.39, 0.29) is 11.4 Å². The van der Waals surface area contributed by atoms with Crippen LogP contribution in [-0.4, -0.2) is 47.4 Å². The number of likely N-dealkylation sites (tertiary alicyclic amines) is 2. The molecule has 124 valence electrons. The summed E-state index contributed by atoms with van der Waals surface area (Å²) < 4.78 is 0. The topological polar surface area (TPSA) is 23.6 Å². The average Bonchev–Trinajstić information content (AvgIpc) is 2.96. The minimum Gasteiger partial charge on any atom is -0.337 e. The second-order valence-electron chi connectivity index (χ2n) is 6.94. The third kappa shape index (κ3) is 3.20. The van der Waals surface area contributed by atoms with Crippen molar-refractivity contribution in [3.05, 3.63) is 48.0 Å². The molecule has 2 saturated heterocycles. The van der Waals surface area contributed by atoms with Gasteiger partial charge < -0.3 is 4.90 Å². The molecule has 0 radical (unpaired) electrons. The Morgan fingerprint density at radius 3 is 2.57 bits per heavy atom. The first-order valence-electron chi connectivity index (χ1n) is 8.93. The molecule has 2 aliphatic heterocycles. The summed E-state index contributed by atoms with van der Waals surface area (Å²) >= 11 is 0. The second kappa shape index (κ2) is 6.88. The van der Waals surface area contributed by atoms with Crippen molar-refractivity contribution in [2.24, 2.45) is 0 Å². The van der Waals surface area contributed by atoms with Gasteiger partial charge in [-0.2, -0.15) is 0 Å². The van der Waals surface area contributed by atoms with Crippen LogP contribution in [0.25, 0.3) is 0 Å². The first-order valence-corrected chi connectivity index (χ1v) is 8.93. The van der Waals surface area contributed by atoms with Crippen molar-refractivity contribution in [1.29, 1.82) is 0 Å². The predicted octanol–water partition coefficient (Wildman–Crippen LogP) is 3.51. The zero-order chi connectivity index (χ0) is 16.3. The predicted molar refractivity (Wildman–Crippen MR) is 94.7 cm³/mol. The fourth-order valence-corrected chi connectivity index (χ4v) is 4.25. The fourth-order valence-electron chi connectivity index (χ4n) is 4.25. The molecule has 1 amide bonds. The van der Waals surface area contributed by atoms with Gasteiger partial charge in [0.05, 0.1) is 0 Å². The van der Waals surface area contributed by atoms with Crippen LogP contribution in [0.1, 0.15) is 48.5 Å². The number of amides is 1. The summed E-state index contributed by atoms with van der Waals surface area (Å²) in [6.45, 7) is 9.87. The molecule has 0 bridgehead atoms.